The maximum Gasteiger partial charge on any atom is 0.343 e. The minimum atomic E-state index is -0.342. The lowest BCUT2D eigenvalue weighted by molar-refractivity contribution is -0.137. The normalized spacial score (nSPS) is 18.2. The summed E-state index contributed by atoms with van der Waals surface area (Å²) >= 11 is 0. The second-order valence-electron chi connectivity index (χ2n) is 8.20. The zero-order chi connectivity index (χ0) is 22.1. The molecule has 0 aliphatic heterocycles. The zero-order valence-corrected chi connectivity index (χ0v) is 18.3. The molecular weight excluding hydrogens is 388 g/mol. The first-order valence-electron chi connectivity index (χ1n) is 11.3. The summed E-state index contributed by atoms with van der Waals surface area (Å²) in [5, 5.41) is 0. The molecule has 2 aromatic rings. The Morgan fingerprint density at radius 3 is 2.42 bits per heavy atom. The molecule has 0 atom stereocenters. The van der Waals surface area contributed by atoms with Crippen LogP contribution < -0.4 is 4.74 Å². The summed E-state index contributed by atoms with van der Waals surface area (Å²) in [5.41, 5.74) is 2.91. The molecule has 0 aromatic heterocycles. The molecule has 1 fully saturated rings. The molecule has 1 saturated carbocycles. The van der Waals surface area contributed by atoms with E-state index in [4.69, 9.17) is 9.47 Å². The number of hydrogen-bond acceptors (Lipinski definition) is 4. The Bertz CT molecular complexity index is 876. The van der Waals surface area contributed by atoms with Crippen molar-refractivity contribution in [3.8, 4) is 5.75 Å². The Morgan fingerprint density at radius 2 is 1.74 bits per heavy atom. The lowest BCUT2D eigenvalue weighted by Crippen LogP contribution is -2.15. The molecule has 164 valence electrons. The molecule has 4 nitrogen and oxygen atoms in total. The second-order valence-corrected chi connectivity index (χ2v) is 8.20. The van der Waals surface area contributed by atoms with Gasteiger partial charge in [-0.15, -0.1) is 0 Å². The van der Waals surface area contributed by atoms with Crippen molar-refractivity contribution in [1.29, 1.82) is 0 Å². The van der Waals surface area contributed by atoms with Crippen molar-refractivity contribution in [2.75, 3.05) is 6.61 Å². The van der Waals surface area contributed by atoms with Crippen molar-refractivity contribution in [1.82, 2.24) is 0 Å². The first-order chi connectivity index (χ1) is 15.1. The molecule has 0 unspecified atom stereocenters. The van der Waals surface area contributed by atoms with Crippen molar-refractivity contribution in [2.24, 2.45) is 5.92 Å². The predicted octanol–water partition coefficient (Wildman–Crippen LogP) is 6.25. The Hall–Kier alpha value is -2.88. The third kappa shape index (κ3) is 6.55. The maximum absolute atomic E-state index is 12.5. The van der Waals surface area contributed by atoms with E-state index >= 15 is 0 Å². The van der Waals surface area contributed by atoms with Gasteiger partial charge in [0.2, 0.25) is 0 Å². The number of rotatable bonds is 9. The molecule has 4 heteroatoms. The van der Waals surface area contributed by atoms with Crippen molar-refractivity contribution in [3.05, 3.63) is 77.9 Å². The Balaban J connectivity index is 1.47. The van der Waals surface area contributed by atoms with Crippen LogP contribution in [0.25, 0.3) is 0 Å². The van der Waals surface area contributed by atoms with Gasteiger partial charge in [0.05, 0.1) is 12.2 Å². The van der Waals surface area contributed by atoms with Crippen LogP contribution in [0.2, 0.25) is 0 Å². The number of ether oxygens (including phenoxy) is 2. The molecule has 31 heavy (non-hydrogen) atoms. The standard InChI is InChI=1S/C27H32O4/c1-3-21-9-5-6-10-25(21)31-27(29)24-17-15-23(16-18-24)22-13-11-20(12-14-22)8-7-19-30-26(28)4-2/h4-6,9-10,15-18,20,22H,2-3,7-8,11-14,19H2,1H3/t20-,22-. The Kier molecular flexibility index (Phi) is 8.45. The maximum atomic E-state index is 12.5. The Labute approximate surface area is 185 Å². The number of carbonyl (C=O) groups excluding carboxylic acids is 2. The highest BCUT2D eigenvalue weighted by Crippen LogP contribution is 2.37. The van der Waals surface area contributed by atoms with Gasteiger partial charge in [-0.05, 0) is 86.1 Å². The number of esters is 2. The molecule has 1 aliphatic carbocycles. The number of benzene rings is 2. The van der Waals surface area contributed by atoms with E-state index in [0.717, 1.165) is 37.7 Å². The van der Waals surface area contributed by atoms with E-state index in [0.29, 0.717) is 29.8 Å². The Morgan fingerprint density at radius 1 is 1.03 bits per heavy atom. The molecule has 0 saturated heterocycles. The summed E-state index contributed by atoms with van der Waals surface area (Å²) in [5.74, 6) is 1.22. The van der Waals surface area contributed by atoms with E-state index < -0.39 is 0 Å². The fourth-order valence-corrected chi connectivity index (χ4v) is 4.33. The van der Waals surface area contributed by atoms with Crippen molar-refractivity contribution < 1.29 is 19.1 Å². The third-order valence-corrected chi connectivity index (χ3v) is 6.19. The van der Waals surface area contributed by atoms with Gasteiger partial charge >= 0.3 is 11.9 Å². The van der Waals surface area contributed by atoms with Gasteiger partial charge in [-0.2, -0.15) is 0 Å². The molecule has 0 amide bonds. The van der Waals surface area contributed by atoms with Crippen LogP contribution in [-0.2, 0) is 16.0 Å². The number of carbonyl (C=O) groups is 2. The molecular formula is C27H32O4. The highest BCUT2D eigenvalue weighted by molar-refractivity contribution is 5.91. The first-order valence-corrected chi connectivity index (χ1v) is 11.3. The summed E-state index contributed by atoms with van der Waals surface area (Å²) in [6.45, 7) is 5.93. The van der Waals surface area contributed by atoms with Gasteiger partial charge in [0.15, 0.2) is 0 Å². The average molecular weight is 421 g/mol. The number of aryl methyl sites for hydroxylation is 1. The van der Waals surface area contributed by atoms with Crippen LogP contribution in [0.15, 0.2) is 61.2 Å². The second kappa shape index (κ2) is 11.5. The smallest absolute Gasteiger partial charge is 0.343 e. The topological polar surface area (TPSA) is 52.6 Å². The first kappa shape index (κ1) is 22.8. The summed E-state index contributed by atoms with van der Waals surface area (Å²) in [6.07, 6.45) is 8.74. The van der Waals surface area contributed by atoms with Crippen molar-refractivity contribution in [2.45, 2.75) is 57.8 Å². The SMILES string of the molecule is C=CC(=O)OCCC[C@H]1CC[C@H](c2ccc(C(=O)Oc3ccccc3CC)cc2)CC1. The largest absolute Gasteiger partial charge is 0.463 e. The van der Waals surface area contributed by atoms with Gasteiger partial charge in [0.25, 0.3) is 0 Å². The lowest BCUT2D eigenvalue weighted by Gasteiger charge is -2.29. The van der Waals surface area contributed by atoms with E-state index in [1.54, 1.807) is 0 Å². The quantitative estimate of drug-likeness (QED) is 0.208. The van der Waals surface area contributed by atoms with Crippen LogP contribution in [0.1, 0.15) is 72.9 Å². The van der Waals surface area contributed by atoms with E-state index in [9.17, 15) is 9.59 Å². The van der Waals surface area contributed by atoms with Crippen LogP contribution in [0.4, 0.5) is 0 Å². The van der Waals surface area contributed by atoms with Gasteiger partial charge in [-0.1, -0.05) is 43.8 Å². The molecule has 3 rings (SSSR count). The van der Waals surface area contributed by atoms with Crippen molar-refractivity contribution in [3.63, 3.8) is 0 Å². The monoisotopic (exact) mass is 420 g/mol. The van der Waals surface area contributed by atoms with E-state index in [-0.39, 0.29) is 11.9 Å². The summed E-state index contributed by atoms with van der Waals surface area (Å²) in [4.78, 5) is 23.6. The molecule has 0 spiro atoms. The van der Waals surface area contributed by atoms with Gasteiger partial charge in [-0.3, -0.25) is 0 Å². The van der Waals surface area contributed by atoms with Crippen LogP contribution in [0.3, 0.4) is 0 Å². The third-order valence-electron chi connectivity index (χ3n) is 6.19. The van der Waals surface area contributed by atoms with E-state index in [1.807, 2.05) is 43.3 Å². The van der Waals surface area contributed by atoms with Gasteiger partial charge in [0.1, 0.15) is 5.75 Å². The summed E-state index contributed by atoms with van der Waals surface area (Å²) in [6, 6.07) is 15.6. The van der Waals surface area contributed by atoms with Crippen LogP contribution in [-0.4, -0.2) is 18.5 Å². The van der Waals surface area contributed by atoms with Crippen LogP contribution in [0.5, 0.6) is 5.75 Å². The molecule has 0 N–H and O–H groups in total. The van der Waals surface area contributed by atoms with E-state index in [1.165, 1.54) is 24.5 Å². The lowest BCUT2D eigenvalue weighted by atomic mass is 9.77. The average Bonchev–Trinajstić information content (AvgIpc) is 2.82. The van der Waals surface area contributed by atoms with Crippen LogP contribution >= 0.6 is 0 Å². The minimum Gasteiger partial charge on any atom is -0.463 e. The van der Waals surface area contributed by atoms with E-state index in [2.05, 4.69) is 18.7 Å². The summed E-state index contributed by atoms with van der Waals surface area (Å²) < 4.78 is 10.7. The molecule has 0 heterocycles. The predicted molar refractivity (Wildman–Crippen MR) is 122 cm³/mol. The fourth-order valence-electron chi connectivity index (χ4n) is 4.33. The van der Waals surface area contributed by atoms with Crippen LogP contribution in [0, 0.1) is 5.92 Å². The molecule has 0 radical (unpaired) electrons. The minimum absolute atomic E-state index is 0.312. The number of para-hydroxylation sites is 1. The molecule has 2 aromatic carbocycles. The highest BCUT2D eigenvalue weighted by atomic mass is 16.5. The van der Waals surface area contributed by atoms with Gasteiger partial charge in [-0.25, -0.2) is 9.59 Å². The fraction of sp³-hybridized carbons (Fsp3) is 0.407. The summed E-state index contributed by atoms with van der Waals surface area (Å²) in [7, 11) is 0. The molecule has 1 aliphatic rings. The number of hydrogen-bond donors (Lipinski definition) is 0. The molecule has 0 bridgehead atoms. The van der Waals surface area contributed by atoms with Gasteiger partial charge < -0.3 is 9.47 Å². The van der Waals surface area contributed by atoms with Crippen molar-refractivity contribution >= 4 is 11.9 Å². The zero-order valence-electron chi connectivity index (χ0n) is 18.3. The van der Waals surface area contributed by atoms with Gasteiger partial charge in [0, 0.05) is 6.08 Å². The highest BCUT2D eigenvalue weighted by Gasteiger charge is 2.22.